The van der Waals surface area contributed by atoms with Gasteiger partial charge in [0.05, 0.1) is 4.90 Å². The molecule has 0 aliphatic rings. The Balaban J connectivity index is 1.78. The van der Waals surface area contributed by atoms with Crippen molar-refractivity contribution in [2.24, 2.45) is 0 Å². The number of sulfonamides is 1. The Morgan fingerprint density at radius 1 is 0.960 bits per heavy atom. The Morgan fingerprint density at radius 2 is 1.76 bits per heavy atom. The fraction of sp³-hybridized carbons (Fsp3) is 0.100. The van der Waals surface area contributed by atoms with E-state index in [1.165, 1.54) is 5.56 Å². The lowest BCUT2D eigenvalue weighted by Crippen LogP contribution is -2.13. The first-order chi connectivity index (χ1) is 12.1. The van der Waals surface area contributed by atoms with Crippen molar-refractivity contribution in [3.63, 3.8) is 0 Å². The molecule has 1 aromatic heterocycles. The smallest absolute Gasteiger partial charge is 0.262 e. The van der Waals surface area contributed by atoms with Crippen LogP contribution in [0.3, 0.4) is 0 Å². The fourth-order valence-electron chi connectivity index (χ4n) is 3.17. The molecule has 5 heteroatoms. The molecule has 0 amide bonds. The number of benzene rings is 3. The lowest BCUT2D eigenvalue weighted by atomic mass is 10.1. The van der Waals surface area contributed by atoms with Gasteiger partial charge in [-0.15, -0.1) is 0 Å². The van der Waals surface area contributed by atoms with Crippen molar-refractivity contribution in [1.82, 2.24) is 4.98 Å². The highest BCUT2D eigenvalue weighted by atomic mass is 32.2. The van der Waals surface area contributed by atoms with Crippen LogP contribution in [0, 0.1) is 0 Å². The maximum Gasteiger partial charge on any atom is 0.262 e. The highest BCUT2D eigenvalue weighted by Gasteiger charge is 2.17. The van der Waals surface area contributed by atoms with Crippen molar-refractivity contribution in [1.29, 1.82) is 0 Å². The van der Waals surface area contributed by atoms with Crippen molar-refractivity contribution in [2.45, 2.75) is 18.2 Å². The summed E-state index contributed by atoms with van der Waals surface area (Å²) in [5.41, 5.74) is 2.74. The average molecular weight is 350 g/mol. The van der Waals surface area contributed by atoms with Crippen LogP contribution in [0.5, 0.6) is 0 Å². The first kappa shape index (κ1) is 15.7. The summed E-state index contributed by atoms with van der Waals surface area (Å²) in [4.78, 5) is 3.50. The van der Waals surface area contributed by atoms with Gasteiger partial charge < -0.3 is 4.98 Å². The third-order valence-corrected chi connectivity index (χ3v) is 5.88. The lowest BCUT2D eigenvalue weighted by molar-refractivity contribution is 0.602. The Bertz CT molecular complexity index is 1170. The SMILES string of the molecule is CCc1c[nH]c2ccc(NS(=O)(=O)c3cccc4ccccc34)cc12. The second-order valence-electron chi connectivity index (χ2n) is 6.01. The van der Waals surface area contributed by atoms with Crippen LogP contribution in [0.25, 0.3) is 21.7 Å². The molecule has 0 unspecified atom stereocenters. The standard InChI is InChI=1S/C20H18N2O2S/c1-2-14-13-21-19-11-10-16(12-18(14)19)22-25(23,24)20-9-5-7-15-6-3-4-8-17(15)20/h3-13,21-22H,2H2,1H3. The molecule has 0 fully saturated rings. The van der Waals surface area contributed by atoms with Crippen molar-refractivity contribution in [2.75, 3.05) is 4.72 Å². The minimum absolute atomic E-state index is 0.287. The Morgan fingerprint density at radius 3 is 2.60 bits per heavy atom. The molecule has 0 spiro atoms. The van der Waals surface area contributed by atoms with Crippen LogP contribution in [0.1, 0.15) is 12.5 Å². The molecule has 3 aromatic carbocycles. The van der Waals surface area contributed by atoms with Gasteiger partial charge in [-0.05, 0) is 41.6 Å². The second-order valence-corrected chi connectivity index (χ2v) is 7.66. The number of hydrogen-bond donors (Lipinski definition) is 2. The van der Waals surface area contributed by atoms with Gasteiger partial charge in [0.2, 0.25) is 0 Å². The minimum Gasteiger partial charge on any atom is -0.361 e. The molecule has 0 saturated carbocycles. The van der Waals surface area contributed by atoms with Crippen LogP contribution in [-0.2, 0) is 16.4 Å². The Labute approximate surface area is 146 Å². The van der Waals surface area contributed by atoms with Gasteiger partial charge >= 0.3 is 0 Å². The molecule has 4 aromatic rings. The first-order valence-electron chi connectivity index (χ1n) is 8.19. The van der Waals surface area contributed by atoms with E-state index in [1.54, 1.807) is 18.2 Å². The van der Waals surface area contributed by atoms with E-state index >= 15 is 0 Å². The van der Waals surface area contributed by atoms with Crippen molar-refractivity contribution < 1.29 is 8.42 Å². The van der Waals surface area contributed by atoms with Crippen LogP contribution in [0.4, 0.5) is 5.69 Å². The van der Waals surface area contributed by atoms with Crippen LogP contribution in [0.2, 0.25) is 0 Å². The molecular formula is C20H18N2O2S. The Hall–Kier alpha value is -2.79. The summed E-state index contributed by atoms with van der Waals surface area (Å²) in [5, 5.41) is 2.66. The fourth-order valence-corrected chi connectivity index (χ4v) is 4.45. The minimum atomic E-state index is -3.67. The molecular weight excluding hydrogens is 332 g/mol. The summed E-state index contributed by atoms with van der Waals surface area (Å²) >= 11 is 0. The summed E-state index contributed by atoms with van der Waals surface area (Å²) < 4.78 is 28.6. The van der Waals surface area contributed by atoms with Gasteiger partial charge in [0, 0.05) is 28.2 Å². The van der Waals surface area contributed by atoms with Crippen LogP contribution >= 0.6 is 0 Å². The summed E-state index contributed by atoms with van der Waals surface area (Å²) in [5.74, 6) is 0. The third kappa shape index (κ3) is 2.76. The maximum atomic E-state index is 12.9. The summed E-state index contributed by atoms with van der Waals surface area (Å²) in [6.45, 7) is 2.08. The molecule has 0 atom stereocenters. The number of hydrogen-bond acceptors (Lipinski definition) is 2. The summed E-state index contributed by atoms with van der Waals surface area (Å²) in [6.07, 6.45) is 2.85. The molecule has 4 nitrogen and oxygen atoms in total. The number of fused-ring (bicyclic) bond motifs is 2. The predicted molar refractivity (Wildman–Crippen MR) is 102 cm³/mol. The molecule has 0 aliphatic heterocycles. The quantitative estimate of drug-likeness (QED) is 0.561. The van der Waals surface area contributed by atoms with Crippen LogP contribution in [-0.4, -0.2) is 13.4 Å². The predicted octanol–water partition coefficient (Wildman–Crippen LogP) is 4.68. The normalized spacial score (nSPS) is 11.9. The number of anilines is 1. The molecule has 2 N–H and O–H groups in total. The number of H-pyrrole nitrogens is 1. The first-order valence-corrected chi connectivity index (χ1v) is 9.67. The monoisotopic (exact) mass is 350 g/mol. The molecule has 126 valence electrons. The van der Waals surface area contributed by atoms with E-state index in [1.807, 2.05) is 48.7 Å². The second kappa shape index (κ2) is 5.93. The zero-order valence-corrected chi connectivity index (χ0v) is 14.6. The topological polar surface area (TPSA) is 62.0 Å². The maximum absolute atomic E-state index is 12.9. The summed E-state index contributed by atoms with van der Waals surface area (Å²) in [6, 6.07) is 18.4. The van der Waals surface area contributed by atoms with E-state index in [9.17, 15) is 8.42 Å². The third-order valence-electron chi connectivity index (χ3n) is 4.44. The number of rotatable bonds is 4. The number of aromatic amines is 1. The Kier molecular flexibility index (Phi) is 3.73. The molecule has 25 heavy (non-hydrogen) atoms. The largest absolute Gasteiger partial charge is 0.361 e. The van der Waals surface area contributed by atoms with E-state index in [-0.39, 0.29) is 4.90 Å². The van der Waals surface area contributed by atoms with Gasteiger partial charge in [0.15, 0.2) is 0 Å². The van der Waals surface area contributed by atoms with E-state index < -0.39 is 10.0 Å². The number of aromatic nitrogens is 1. The molecule has 1 heterocycles. The number of aryl methyl sites for hydroxylation is 1. The van der Waals surface area contributed by atoms with Gasteiger partial charge in [-0.2, -0.15) is 0 Å². The van der Waals surface area contributed by atoms with E-state index in [4.69, 9.17) is 0 Å². The molecule has 4 rings (SSSR count). The molecule has 0 bridgehead atoms. The van der Waals surface area contributed by atoms with E-state index in [0.717, 1.165) is 28.1 Å². The average Bonchev–Trinajstić information content (AvgIpc) is 3.03. The van der Waals surface area contributed by atoms with Crippen LogP contribution in [0.15, 0.2) is 71.8 Å². The molecule has 0 aliphatic carbocycles. The molecule has 0 radical (unpaired) electrons. The summed E-state index contributed by atoms with van der Waals surface area (Å²) in [7, 11) is -3.67. The zero-order valence-electron chi connectivity index (χ0n) is 13.8. The van der Waals surface area contributed by atoms with Gasteiger partial charge in [-0.25, -0.2) is 8.42 Å². The highest BCUT2D eigenvalue weighted by molar-refractivity contribution is 7.93. The number of nitrogens with one attached hydrogen (secondary N) is 2. The van der Waals surface area contributed by atoms with Crippen molar-refractivity contribution in [3.05, 3.63) is 72.4 Å². The van der Waals surface area contributed by atoms with Gasteiger partial charge in [-0.3, -0.25) is 4.72 Å². The van der Waals surface area contributed by atoms with Gasteiger partial charge in [0.1, 0.15) is 0 Å². The van der Waals surface area contributed by atoms with Crippen LogP contribution < -0.4 is 4.72 Å². The van der Waals surface area contributed by atoms with E-state index in [2.05, 4.69) is 16.6 Å². The van der Waals surface area contributed by atoms with Crippen molar-refractivity contribution in [3.8, 4) is 0 Å². The zero-order chi connectivity index (χ0) is 17.4. The lowest BCUT2D eigenvalue weighted by Gasteiger charge is -2.11. The van der Waals surface area contributed by atoms with E-state index in [0.29, 0.717) is 5.69 Å². The molecule has 0 saturated heterocycles. The van der Waals surface area contributed by atoms with Gasteiger partial charge in [0.25, 0.3) is 10.0 Å². The van der Waals surface area contributed by atoms with Gasteiger partial charge in [-0.1, -0.05) is 43.3 Å². The van der Waals surface area contributed by atoms with Crippen molar-refractivity contribution >= 4 is 37.4 Å². The highest BCUT2D eigenvalue weighted by Crippen LogP contribution is 2.27.